The molecule has 0 saturated heterocycles. The van der Waals surface area contributed by atoms with Crippen molar-refractivity contribution < 1.29 is 19.1 Å². The van der Waals surface area contributed by atoms with Gasteiger partial charge < -0.3 is 4.74 Å². The smallest absolute Gasteiger partial charge is 0.338 e. The lowest BCUT2D eigenvalue weighted by atomic mass is 9.87. The fourth-order valence-electron chi connectivity index (χ4n) is 2.14. The Bertz CT molecular complexity index is 778. The Morgan fingerprint density at radius 1 is 0.846 bits per heavy atom. The van der Waals surface area contributed by atoms with Crippen molar-refractivity contribution in [3.05, 3.63) is 71.3 Å². The molecule has 2 amide bonds. The summed E-state index contributed by atoms with van der Waals surface area (Å²) in [5, 5.41) is 0. The van der Waals surface area contributed by atoms with E-state index in [9.17, 15) is 14.4 Å². The minimum Gasteiger partial charge on any atom is -0.452 e. The van der Waals surface area contributed by atoms with E-state index in [1.54, 1.807) is 42.5 Å². The highest BCUT2D eigenvalue weighted by molar-refractivity contribution is 5.96. The first-order valence-corrected chi connectivity index (χ1v) is 8.19. The van der Waals surface area contributed by atoms with Gasteiger partial charge in [-0.25, -0.2) is 4.79 Å². The third-order valence-electron chi connectivity index (χ3n) is 3.67. The van der Waals surface area contributed by atoms with Crippen LogP contribution >= 0.6 is 0 Å². The molecule has 0 aromatic heterocycles. The average molecular weight is 354 g/mol. The van der Waals surface area contributed by atoms with Gasteiger partial charge >= 0.3 is 5.97 Å². The zero-order chi connectivity index (χ0) is 19.2. The second-order valence-electron chi connectivity index (χ2n) is 6.77. The maximum Gasteiger partial charge on any atom is 0.338 e. The van der Waals surface area contributed by atoms with Crippen LogP contribution in [0, 0.1) is 0 Å². The van der Waals surface area contributed by atoms with Crippen LogP contribution in [0.25, 0.3) is 0 Å². The van der Waals surface area contributed by atoms with Crippen molar-refractivity contribution in [3.8, 4) is 0 Å². The number of hydrazine groups is 1. The van der Waals surface area contributed by atoms with E-state index >= 15 is 0 Å². The van der Waals surface area contributed by atoms with Crippen molar-refractivity contribution in [2.45, 2.75) is 26.2 Å². The highest BCUT2D eigenvalue weighted by Gasteiger charge is 2.15. The number of nitrogens with one attached hydrogen (secondary N) is 2. The van der Waals surface area contributed by atoms with E-state index in [1.165, 1.54) is 0 Å². The van der Waals surface area contributed by atoms with Gasteiger partial charge in [0.1, 0.15) is 0 Å². The van der Waals surface area contributed by atoms with Gasteiger partial charge in [0.2, 0.25) is 0 Å². The predicted molar refractivity (Wildman–Crippen MR) is 97.5 cm³/mol. The fourth-order valence-corrected chi connectivity index (χ4v) is 2.14. The molecule has 0 radical (unpaired) electrons. The Hall–Kier alpha value is -3.15. The summed E-state index contributed by atoms with van der Waals surface area (Å²) in [6, 6.07) is 15.5. The van der Waals surface area contributed by atoms with Crippen LogP contribution in [0.1, 0.15) is 47.1 Å². The van der Waals surface area contributed by atoms with E-state index in [0.717, 1.165) is 5.56 Å². The first-order valence-electron chi connectivity index (χ1n) is 8.19. The summed E-state index contributed by atoms with van der Waals surface area (Å²) in [5.41, 5.74) is 6.30. The summed E-state index contributed by atoms with van der Waals surface area (Å²) in [6.07, 6.45) is 0. The lowest BCUT2D eigenvalue weighted by Gasteiger charge is -2.18. The molecule has 0 atom stereocenters. The second-order valence-corrected chi connectivity index (χ2v) is 6.77. The number of amides is 2. The Labute approximate surface area is 152 Å². The van der Waals surface area contributed by atoms with Crippen LogP contribution < -0.4 is 10.9 Å². The van der Waals surface area contributed by atoms with E-state index in [2.05, 4.69) is 31.6 Å². The summed E-state index contributed by atoms with van der Waals surface area (Å²) in [5.74, 6) is -1.69. The Morgan fingerprint density at radius 3 is 2.04 bits per heavy atom. The lowest BCUT2D eigenvalue weighted by molar-refractivity contribution is -0.125. The third kappa shape index (κ3) is 5.44. The van der Waals surface area contributed by atoms with Gasteiger partial charge in [-0.1, -0.05) is 51.1 Å². The van der Waals surface area contributed by atoms with E-state index in [0.29, 0.717) is 11.1 Å². The molecule has 0 heterocycles. The van der Waals surface area contributed by atoms with E-state index < -0.39 is 24.4 Å². The first kappa shape index (κ1) is 19.2. The average Bonchev–Trinajstić information content (AvgIpc) is 2.64. The zero-order valence-electron chi connectivity index (χ0n) is 15.0. The molecule has 2 aromatic carbocycles. The molecule has 0 aliphatic heterocycles. The van der Waals surface area contributed by atoms with Gasteiger partial charge in [-0.3, -0.25) is 20.4 Å². The Balaban J connectivity index is 1.80. The quantitative estimate of drug-likeness (QED) is 0.653. The number of hydrogen-bond donors (Lipinski definition) is 2. The van der Waals surface area contributed by atoms with Gasteiger partial charge in [0.05, 0.1) is 5.56 Å². The molecule has 0 unspecified atom stereocenters. The zero-order valence-corrected chi connectivity index (χ0v) is 15.0. The monoisotopic (exact) mass is 354 g/mol. The molecule has 0 saturated carbocycles. The van der Waals surface area contributed by atoms with Gasteiger partial charge in [0, 0.05) is 5.56 Å². The van der Waals surface area contributed by atoms with E-state index in [-0.39, 0.29) is 5.41 Å². The maximum absolute atomic E-state index is 12.0. The molecule has 136 valence electrons. The van der Waals surface area contributed by atoms with Crippen LogP contribution in [0.4, 0.5) is 0 Å². The van der Waals surface area contributed by atoms with Gasteiger partial charge in [-0.2, -0.15) is 0 Å². The van der Waals surface area contributed by atoms with E-state index in [4.69, 9.17) is 4.74 Å². The van der Waals surface area contributed by atoms with Crippen LogP contribution in [0.5, 0.6) is 0 Å². The normalized spacial score (nSPS) is 10.7. The molecule has 2 aromatic rings. The Morgan fingerprint density at radius 2 is 1.46 bits per heavy atom. The lowest BCUT2D eigenvalue weighted by Crippen LogP contribution is -2.43. The number of carbonyl (C=O) groups is 3. The number of rotatable bonds is 4. The van der Waals surface area contributed by atoms with Crippen molar-refractivity contribution in [3.63, 3.8) is 0 Å². The fraction of sp³-hybridized carbons (Fsp3) is 0.250. The number of benzene rings is 2. The van der Waals surface area contributed by atoms with Crippen molar-refractivity contribution in [2.75, 3.05) is 6.61 Å². The highest BCUT2D eigenvalue weighted by atomic mass is 16.5. The molecule has 6 heteroatoms. The van der Waals surface area contributed by atoms with Crippen LogP contribution in [0.2, 0.25) is 0 Å². The number of ether oxygens (including phenoxy) is 1. The summed E-state index contributed by atoms with van der Waals surface area (Å²) < 4.78 is 4.95. The molecule has 2 N–H and O–H groups in total. The molecule has 0 fully saturated rings. The van der Waals surface area contributed by atoms with Crippen LogP contribution in [-0.2, 0) is 14.9 Å². The van der Waals surface area contributed by atoms with Crippen molar-refractivity contribution in [1.82, 2.24) is 10.9 Å². The minimum atomic E-state index is -0.631. The van der Waals surface area contributed by atoms with Crippen molar-refractivity contribution in [2.24, 2.45) is 0 Å². The van der Waals surface area contributed by atoms with Crippen molar-refractivity contribution in [1.29, 1.82) is 0 Å². The Kier molecular flexibility index (Phi) is 6.11. The molecule has 2 rings (SSSR count). The standard InChI is InChI=1S/C20H22N2O4/c1-20(2,3)16-11-9-15(10-12-16)19(25)26-13-17(23)21-22-18(24)14-7-5-4-6-8-14/h4-12H,13H2,1-3H3,(H,21,23)(H,22,24). The molecule has 0 bridgehead atoms. The first-order chi connectivity index (χ1) is 12.3. The highest BCUT2D eigenvalue weighted by Crippen LogP contribution is 2.22. The molecule has 6 nitrogen and oxygen atoms in total. The molecule has 26 heavy (non-hydrogen) atoms. The topological polar surface area (TPSA) is 84.5 Å². The van der Waals surface area contributed by atoms with Gasteiger partial charge in [-0.15, -0.1) is 0 Å². The SMILES string of the molecule is CC(C)(C)c1ccc(C(=O)OCC(=O)NNC(=O)c2ccccc2)cc1. The van der Waals surface area contributed by atoms with Gasteiger partial charge in [0.15, 0.2) is 6.61 Å². The molecular formula is C20H22N2O4. The summed E-state index contributed by atoms with van der Waals surface area (Å²) >= 11 is 0. The molecule has 0 aliphatic rings. The molecule has 0 aliphatic carbocycles. The van der Waals surface area contributed by atoms with Crippen LogP contribution in [0.3, 0.4) is 0 Å². The van der Waals surface area contributed by atoms with Gasteiger partial charge in [0.25, 0.3) is 11.8 Å². The summed E-state index contributed by atoms with van der Waals surface area (Å²) in [7, 11) is 0. The third-order valence-corrected chi connectivity index (χ3v) is 3.67. The molecule has 0 spiro atoms. The number of carbonyl (C=O) groups excluding carboxylic acids is 3. The summed E-state index contributed by atoms with van der Waals surface area (Å²) in [4.78, 5) is 35.5. The van der Waals surface area contributed by atoms with Gasteiger partial charge in [-0.05, 0) is 35.2 Å². The second kappa shape index (κ2) is 8.29. The van der Waals surface area contributed by atoms with E-state index in [1.807, 2.05) is 12.1 Å². The van der Waals surface area contributed by atoms with Crippen LogP contribution in [0.15, 0.2) is 54.6 Å². The largest absolute Gasteiger partial charge is 0.452 e. The summed E-state index contributed by atoms with van der Waals surface area (Å²) in [6.45, 7) is 5.74. The van der Waals surface area contributed by atoms with Crippen LogP contribution in [-0.4, -0.2) is 24.4 Å². The number of esters is 1. The predicted octanol–water partition coefficient (Wildman–Crippen LogP) is 2.60. The number of hydrogen-bond acceptors (Lipinski definition) is 4. The minimum absolute atomic E-state index is 0.0146. The molecular weight excluding hydrogens is 332 g/mol. The maximum atomic E-state index is 12.0. The van der Waals surface area contributed by atoms with Crippen molar-refractivity contribution >= 4 is 17.8 Å².